The number of carbonyl (C=O) groups is 1. The van der Waals surface area contributed by atoms with Crippen LogP contribution in [0.15, 0.2) is 90.2 Å². The second kappa shape index (κ2) is 10.9. The monoisotopic (exact) mass is 480 g/mol. The van der Waals surface area contributed by atoms with E-state index in [9.17, 15) is 9.90 Å². The highest BCUT2D eigenvalue weighted by molar-refractivity contribution is 5.95. The molecule has 1 saturated heterocycles. The highest BCUT2D eigenvalue weighted by Gasteiger charge is 2.22. The van der Waals surface area contributed by atoms with E-state index >= 15 is 0 Å². The minimum absolute atomic E-state index is 0.258. The molecule has 0 atom stereocenters. The largest absolute Gasteiger partial charge is 0.478 e. The average Bonchev–Trinajstić information content (AvgIpc) is 2.93. The molecular formula is C28H28N6O2. The molecule has 1 aliphatic heterocycles. The Labute approximate surface area is 210 Å². The number of aliphatic imine (C=N–C) groups is 1. The average molecular weight is 481 g/mol. The fourth-order valence-electron chi connectivity index (χ4n) is 4.35. The van der Waals surface area contributed by atoms with Crippen LogP contribution in [0.4, 0.5) is 11.5 Å². The van der Waals surface area contributed by atoms with Gasteiger partial charge in [0, 0.05) is 43.8 Å². The van der Waals surface area contributed by atoms with Crippen LogP contribution in [0.5, 0.6) is 0 Å². The third-order valence-electron chi connectivity index (χ3n) is 6.29. The summed E-state index contributed by atoms with van der Waals surface area (Å²) in [5, 5.41) is 13.7. The van der Waals surface area contributed by atoms with Crippen molar-refractivity contribution in [3.63, 3.8) is 0 Å². The summed E-state index contributed by atoms with van der Waals surface area (Å²) in [4.78, 5) is 29.6. The maximum Gasteiger partial charge on any atom is 0.335 e. The summed E-state index contributed by atoms with van der Waals surface area (Å²) < 4.78 is 0. The molecule has 0 unspecified atom stereocenters. The van der Waals surface area contributed by atoms with Gasteiger partial charge in [0.05, 0.1) is 11.1 Å². The minimum Gasteiger partial charge on any atom is -0.478 e. The number of rotatable bonds is 6. The zero-order chi connectivity index (χ0) is 24.7. The molecule has 1 aliphatic rings. The molecule has 0 radical (unpaired) electrons. The van der Waals surface area contributed by atoms with E-state index < -0.39 is 5.97 Å². The Morgan fingerprint density at radius 1 is 0.889 bits per heavy atom. The number of aromatic nitrogens is 2. The molecule has 1 fully saturated rings. The van der Waals surface area contributed by atoms with E-state index in [0.717, 1.165) is 61.0 Å². The van der Waals surface area contributed by atoms with Crippen molar-refractivity contribution < 1.29 is 9.90 Å². The molecule has 3 aromatic carbocycles. The molecule has 0 bridgehead atoms. The number of hydrogen-bond donors (Lipinski definition) is 2. The van der Waals surface area contributed by atoms with Crippen molar-refractivity contribution in [1.82, 2.24) is 14.9 Å². The molecule has 5 rings (SSSR count). The molecule has 2 N–H and O–H groups in total. The number of nitrogens with zero attached hydrogens (tertiary/aromatic N) is 5. The van der Waals surface area contributed by atoms with Crippen LogP contribution in [0.1, 0.15) is 15.9 Å². The molecule has 0 spiro atoms. The van der Waals surface area contributed by atoms with E-state index in [2.05, 4.69) is 43.3 Å². The number of fused-ring (bicyclic) bond motifs is 1. The normalized spacial score (nSPS) is 14.2. The quantitative estimate of drug-likeness (QED) is 0.316. The number of benzene rings is 3. The van der Waals surface area contributed by atoms with Gasteiger partial charge in [-0.3, -0.25) is 4.99 Å². The number of guanidine groups is 1. The molecule has 0 aliphatic carbocycles. The number of para-hydroxylation sites is 1. The first-order valence-electron chi connectivity index (χ1n) is 12.1. The SMILES string of the molecule is O=C(O)c1ccc(NC(=NCCc2ccccc2)N2CCN(c3ncnc4ccccc34)CC2)cc1. The van der Waals surface area contributed by atoms with Crippen LogP contribution in [0.2, 0.25) is 0 Å². The van der Waals surface area contributed by atoms with Crippen LogP contribution in [-0.4, -0.2) is 64.6 Å². The highest BCUT2D eigenvalue weighted by Crippen LogP contribution is 2.24. The van der Waals surface area contributed by atoms with Crippen LogP contribution in [0, 0.1) is 0 Å². The fraction of sp³-hybridized carbons (Fsp3) is 0.214. The predicted octanol–water partition coefficient (Wildman–Crippen LogP) is 4.16. The van der Waals surface area contributed by atoms with Crippen LogP contribution in [0.3, 0.4) is 0 Å². The van der Waals surface area contributed by atoms with Crippen LogP contribution >= 0.6 is 0 Å². The highest BCUT2D eigenvalue weighted by atomic mass is 16.4. The van der Waals surface area contributed by atoms with Gasteiger partial charge in [-0.1, -0.05) is 42.5 Å². The number of carboxylic acid groups (broad SMARTS) is 1. The lowest BCUT2D eigenvalue weighted by atomic mass is 10.1. The van der Waals surface area contributed by atoms with Gasteiger partial charge in [0.15, 0.2) is 5.96 Å². The molecule has 182 valence electrons. The molecule has 2 heterocycles. The zero-order valence-electron chi connectivity index (χ0n) is 19.9. The number of carboxylic acids is 1. The van der Waals surface area contributed by atoms with E-state index in [1.165, 1.54) is 5.56 Å². The molecule has 0 amide bonds. The van der Waals surface area contributed by atoms with Gasteiger partial charge >= 0.3 is 5.97 Å². The first-order chi connectivity index (χ1) is 17.7. The number of hydrogen-bond acceptors (Lipinski definition) is 5. The summed E-state index contributed by atoms with van der Waals surface area (Å²) in [6, 6.07) is 25.2. The Kier molecular flexibility index (Phi) is 7.02. The van der Waals surface area contributed by atoms with Crippen molar-refractivity contribution in [3.05, 3.63) is 96.3 Å². The summed E-state index contributed by atoms with van der Waals surface area (Å²) in [6.07, 6.45) is 2.47. The Bertz CT molecular complexity index is 1340. The van der Waals surface area contributed by atoms with Crippen LogP contribution in [0.25, 0.3) is 10.9 Å². The fourth-order valence-corrected chi connectivity index (χ4v) is 4.35. The Hall–Kier alpha value is -4.46. The van der Waals surface area contributed by atoms with Gasteiger partial charge in [-0.05, 0) is 48.4 Å². The van der Waals surface area contributed by atoms with Gasteiger partial charge in [0.1, 0.15) is 12.1 Å². The number of anilines is 2. The smallest absolute Gasteiger partial charge is 0.335 e. The van der Waals surface area contributed by atoms with Crippen molar-refractivity contribution in [2.24, 2.45) is 4.99 Å². The lowest BCUT2D eigenvalue weighted by Gasteiger charge is -2.37. The van der Waals surface area contributed by atoms with E-state index in [1.807, 2.05) is 36.4 Å². The molecule has 36 heavy (non-hydrogen) atoms. The molecular weight excluding hydrogens is 452 g/mol. The summed E-state index contributed by atoms with van der Waals surface area (Å²) in [7, 11) is 0. The summed E-state index contributed by atoms with van der Waals surface area (Å²) in [5.41, 5.74) is 3.25. The van der Waals surface area contributed by atoms with Crippen LogP contribution < -0.4 is 10.2 Å². The topological polar surface area (TPSA) is 93.9 Å². The molecule has 8 nitrogen and oxygen atoms in total. The maximum atomic E-state index is 11.2. The first kappa shape index (κ1) is 23.3. The van der Waals surface area contributed by atoms with Crippen LogP contribution in [-0.2, 0) is 6.42 Å². The molecule has 4 aromatic rings. The first-order valence-corrected chi connectivity index (χ1v) is 12.1. The van der Waals surface area contributed by atoms with Crippen molar-refractivity contribution in [2.75, 3.05) is 42.9 Å². The number of piperazine rings is 1. The number of nitrogens with one attached hydrogen (secondary N) is 1. The van der Waals surface area contributed by atoms with E-state index in [-0.39, 0.29) is 5.56 Å². The Morgan fingerprint density at radius 2 is 1.61 bits per heavy atom. The minimum atomic E-state index is -0.938. The van der Waals surface area contributed by atoms with Gasteiger partial charge < -0.3 is 20.2 Å². The van der Waals surface area contributed by atoms with Crippen molar-refractivity contribution in [3.8, 4) is 0 Å². The van der Waals surface area contributed by atoms with Gasteiger partial charge in [-0.25, -0.2) is 14.8 Å². The predicted molar refractivity (Wildman–Crippen MR) is 143 cm³/mol. The third kappa shape index (κ3) is 5.43. The molecule has 0 saturated carbocycles. The lowest BCUT2D eigenvalue weighted by Crippen LogP contribution is -2.51. The number of aromatic carboxylic acids is 1. The van der Waals surface area contributed by atoms with E-state index in [1.54, 1.807) is 30.6 Å². The Balaban J connectivity index is 1.31. The second-order valence-corrected chi connectivity index (χ2v) is 8.64. The van der Waals surface area contributed by atoms with E-state index in [0.29, 0.717) is 6.54 Å². The third-order valence-corrected chi connectivity index (χ3v) is 6.29. The van der Waals surface area contributed by atoms with Gasteiger partial charge in [0.25, 0.3) is 0 Å². The van der Waals surface area contributed by atoms with Crippen molar-refractivity contribution in [2.45, 2.75) is 6.42 Å². The summed E-state index contributed by atoms with van der Waals surface area (Å²) >= 11 is 0. The molecule has 1 aromatic heterocycles. The summed E-state index contributed by atoms with van der Waals surface area (Å²) in [6.45, 7) is 3.82. The summed E-state index contributed by atoms with van der Waals surface area (Å²) in [5.74, 6) is 0.813. The Morgan fingerprint density at radius 3 is 2.36 bits per heavy atom. The van der Waals surface area contributed by atoms with E-state index in [4.69, 9.17) is 4.99 Å². The molecule has 8 heteroatoms. The van der Waals surface area contributed by atoms with Gasteiger partial charge in [0.2, 0.25) is 0 Å². The zero-order valence-corrected chi connectivity index (χ0v) is 19.9. The van der Waals surface area contributed by atoms with Gasteiger partial charge in [-0.15, -0.1) is 0 Å². The second-order valence-electron chi connectivity index (χ2n) is 8.64. The lowest BCUT2D eigenvalue weighted by molar-refractivity contribution is 0.0697. The standard InChI is InChI=1S/C28H28N6O2/c35-27(36)22-10-12-23(13-11-22)32-28(29-15-14-21-6-2-1-3-7-21)34-18-16-33(17-19-34)26-24-8-4-5-9-25(24)30-20-31-26/h1-13,20H,14-19H2,(H,29,32)(H,35,36). The van der Waals surface area contributed by atoms with Gasteiger partial charge in [-0.2, -0.15) is 0 Å². The van der Waals surface area contributed by atoms with Crippen molar-refractivity contribution in [1.29, 1.82) is 0 Å². The van der Waals surface area contributed by atoms with Crippen molar-refractivity contribution >= 4 is 34.3 Å². The maximum absolute atomic E-state index is 11.2.